The summed E-state index contributed by atoms with van der Waals surface area (Å²) in [6.07, 6.45) is 0.931. The highest BCUT2D eigenvalue weighted by molar-refractivity contribution is 5.78. The Bertz CT molecular complexity index is 530. The molecule has 0 aromatic heterocycles. The van der Waals surface area contributed by atoms with Crippen LogP contribution in [0.25, 0.3) is 0 Å². The van der Waals surface area contributed by atoms with Crippen LogP contribution in [0.1, 0.15) is 45.7 Å². The molecule has 4 heteroatoms. The minimum absolute atomic E-state index is 0.0214. The van der Waals surface area contributed by atoms with E-state index in [4.69, 9.17) is 4.74 Å². The lowest BCUT2D eigenvalue weighted by molar-refractivity contribution is -0.121. The molecule has 1 aromatic carbocycles. The highest BCUT2D eigenvalue weighted by Gasteiger charge is 2.29. The number of benzene rings is 1. The van der Waals surface area contributed by atoms with E-state index in [1.54, 1.807) is 0 Å². The monoisotopic (exact) mass is 290 g/mol. The fraction of sp³-hybridized carbons (Fsp3) is 0.588. The number of carbonyl (C=O) groups is 1. The van der Waals surface area contributed by atoms with Crippen molar-refractivity contribution in [2.45, 2.75) is 58.7 Å². The minimum Gasteiger partial charge on any atom is -0.487 e. The Labute approximate surface area is 127 Å². The molecule has 1 aromatic rings. The maximum absolute atomic E-state index is 11.7. The molecule has 0 unspecified atom stereocenters. The zero-order valence-electron chi connectivity index (χ0n) is 13.7. The molecule has 1 aliphatic rings. The summed E-state index contributed by atoms with van der Waals surface area (Å²) in [5, 5.41) is 6.12. The summed E-state index contributed by atoms with van der Waals surface area (Å²) in [7, 11) is 0. The number of rotatable bonds is 4. The van der Waals surface area contributed by atoms with Crippen LogP contribution in [0.2, 0.25) is 0 Å². The maximum Gasteiger partial charge on any atom is 0.234 e. The predicted molar refractivity (Wildman–Crippen MR) is 84.5 cm³/mol. The fourth-order valence-electron chi connectivity index (χ4n) is 2.56. The topological polar surface area (TPSA) is 50.4 Å². The molecule has 1 amide bonds. The van der Waals surface area contributed by atoms with E-state index < -0.39 is 0 Å². The van der Waals surface area contributed by atoms with Crippen LogP contribution in [0.4, 0.5) is 0 Å². The largest absolute Gasteiger partial charge is 0.487 e. The van der Waals surface area contributed by atoms with Crippen molar-refractivity contribution in [3.63, 3.8) is 0 Å². The Kier molecular flexibility index (Phi) is 4.28. The molecular formula is C17H26N2O2. The number of hydrogen-bond donors (Lipinski definition) is 2. The molecule has 0 spiro atoms. The first-order valence-electron chi connectivity index (χ1n) is 7.47. The minimum atomic E-state index is -0.185. The first-order chi connectivity index (χ1) is 9.65. The van der Waals surface area contributed by atoms with Crippen LogP contribution in [0.3, 0.4) is 0 Å². The van der Waals surface area contributed by atoms with Crippen LogP contribution in [0, 0.1) is 0 Å². The van der Waals surface area contributed by atoms with Crippen molar-refractivity contribution < 1.29 is 9.53 Å². The van der Waals surface area contributed by atoms with Crippen molar-refractivity contribution in [2.75, 3.05) is 6.54 Å². The summed E-state index contributed by atoms with van der Waals surface area (Å²) in [5.74, 6) is 1.00. The Morgan fingerprint density at radius 1 is 1.33 bits per heavy atom. The van der Waals surface area contributed by atoms with Gasteiger partial charge in [-0.05, 0) is 51.8 Å². The van der Waals surface area contributed by atoms with Crippen LogP contribution < -0.4 is 15.4 Å². The third-order valence-corrected chi connectivity index (χ3v) is 3.26. The summed E-state index contributed by atoms with van der Waals surface area (Å²) >= 11 is 0. The van der Waals surface area contributed by atoms with Crippen molar-refractivity contribution in [2.24, 2.45) is 0 Å². The van der Waals surface area contributed by atoms with Gasteiger partial charge in [-0.2, -0.15) is 0 Å². The summed E-state index contributed by atoms with van der Waals surface area (Å²) in [4.78, 5) is 11.7. The molecule has 0 atom stereocenters. The smallest absolute Gasteiger partial charge is 0.234 e. The van der Waals surface area contributed by atoms with Crippen LogP contribution in [-0.4, -0.2) is 23.6 Å². The second-order valence-corrected chi connectivity index (χ2v) is 7.38. The summed E-state index contributed by atoms with van der Waals surface area (Å²) in [6, 6.07) is 6.24. The van der Waals surface area contributed by atoms with Gasteiger partial charge in [0.05, 0.1) is 6.54 Å². The number of hydrogen-bond acceptors (Lipinski definition) is 3. The molecule has 2 rings (SSSR count). The van der Waals surface area contributed by atoms with Gasteiger partial charge in [0, 0.05) is 18.5 Å². The maximum atomic E-state index is 11.7. The number of amides is 1. The lowest BCUT2D eigenvalue weighted by Gasteiger charge is -2.20. The standard InChI is InChI=1S/C17H26N2O2/c1-16(2,3)19-15(20)11-18-10-12-6-7-14-13(8-12)9-17(4,5)21-14/h6-8,18H,9-11H2,1-5H3,(H,19,20). The lowest BCUT2D eigenvalue weighted by atomic mass is 10.0. The van der Waals surface area contributed by atoms with Crippen LogP contribution in [0.15, 0.2) is 18.2 Å². The molecule has 2 N–H and O–H groups in total. The van der Waals surface area contributed by atoms with E-state index in [0.717, 1.165) is 12.2 Å². The fourth-order valence-corrected chi connectivity index (χ4v) is 2.56. The van der Waals surface area contributed by atoms with Gasteiger partial charge in [-0.3, -0.25) is 4.79 Å². The quantitative estimate of drug-likeness (QED) is 0.895. The van der Waals surface area contributed by atoms with Crippen LogP contribution in [0.5, 0.6) is 5.75 Å². The molecule has 0 bridgehead atoms. The number of fused-ring (bicyclic) bond motifs is 1. The van der Waals surface area contributed by atoms with Crippen molar-refractivity contribution in [1.82, 2.24) is 10.6 Å². The molecule has 1 heterocycles. The summed E-state index contributed by atoms with van der Waals surface area (Å²) < 4.78 is 5.86. The first kappa shape index (κ1) is 15.8. The molecule has 0 saturated heterocycles. The summed E-state index contributed by atoms with van der Waals surface area (Å²) in [6.45, 7) is 11.2. The molecule has 21 heavy (non-hydrogen) atoms. The third kappa shape index (κ3) is 4.74. The molecule has 1 aliphatic heterocycles. The first-order valence-corrected chi connectivity index (χ1v) is 7.47. The van der Waals surface area contributed by atoms with Crippen molar-refractivity contribution in [3.05, 3.63) is 29.3 Å². The van der Waals surface area contributed by atoms with E-state index in [2.05, 4.69) is 36.6 Å². The molecular weight excluding hydrogens is 264 g/mol. The van der Waals surface area contributed by atoms with Gasteiger partial charge in [-0.25, -0.2) is 0 Å². The normalized spacial score (nSPS) is 16.2. The number of carbonyl (C=O) groups excluding carboxylic acids is 1. The third-order valence-electron chi connectivity index (χ3n) is 3.26. The van der Waals surface area contributed by atoms with E-state index >= 15 is 0 Å². The van der Waals surface area contributed by atoms with Crippen LogP contribution >= 0.6 is 0 Å². The van der Waals surface area contributed by atoms with Gasteiger partial charge in [-0.15, -0.1) is 0 Å². The highest BCUT2D eigenvalue weighted by Crippen LogP contribution is 2.35. The van der Waals surface area contributed by atoms with E-state index in [9.17, 15) is 4.79 Å². The van der Waals surface area contributed by atoms with E-state index in [1.807, 2.05) is 26.8 Å². The Morgan fingerprint density at radius 2 is 2.05 bits per heavy atom. The second-order valence-electron chi connectivity index (χ2n) is 7.38. The van der Waals surface area contributed by atoms with Gasteiger partial charge in [0.15, 0.2) is 0 Å². The SMILES string of the molecule is CC(C)(C)NC(=O)CNCc1ccc2c(c1)CC(C)(C)O2. The van der Waals surface area contributed by atoms with Gasteiger partial charge >= 0.3 is 0 Å². The molecule has 0 radical (unpaired) electrons. The average Bonchev–Trinajstić information content (AvgIpc) is 2.59. The van der Waals surface area contributed by atoms with E-state index in [-0.39, 0.29) is 17.0 Å². The van der Waals surface area contributed by atoms with Crippen molar-refractivity contribution in [1.29, 1.82) is 0 Å². The van der Waals surface area contributed by atoms with Crippen molar-refractivity contribution >= 4 is 5.91 Å². The molecule has 4 nitrogen and oxygen atoms in total. The second kappa shape index (κ2) is 5.68. The zero-order valence-corrected chi connectivity index (χ0v) is 13.7. The van der Waals surface area contributed by atoms with Gasteiger partial charge in [-0.1, -0.05) is 12.1 Å². The average molecular weight is 290 g/mol. The van der Waals surface area contributed by atoms with E-state index in [0.29, 0.717) is 13.1 Å². The van der Waals surface area contributed by atoms with Gasteiger partial charge < -0.3 is 15.4 Å². The summed E-state index contributed by atoms with van der Waals surface area (Å²) in [5.41, 5.74) is 2.13. The van der Waals surface area contributed by atoms with Gasteiger partial charge in [0.25, 0.3) is 0 Å². The predicted octanol–water partition coefficient (Wildman–Crippen LogP) is 2.40. The number of nitrogens with one attached hydrogen (secondary N) is 2. The molecule has 0 aliphatic carbocycles. The molecule has 0 fully saturated rings. The van der Waals surface area contributed by atoms with E-state index in [1.165, 1.54) is 11.1 Å². The Hall–Kier alpha value is -1.55. The zero-order chi connectivity index (χ0) is 15.7. The Morgan fingerprint density at radius 3 is 2.71 bits per heavy atom. The highest BCUT2D eigenvalue weighted by atomic mass is 16.5. The van der Waals surface area contributed by atoms with Gasteiger partial charge in [0.1, 0.15) is 11.4 Å². The lowest BCUT2D eigenvalue weighted by Crippen LogP contribution is -2.44. The van der Waals surface area contributed by atoms with Crippen LogP contribution in [-0.2, 0) is 17.8 Å². The van der Waals surface area contributed by atoms with Gasteiger partial charge in [0.2, 0.25) is 5.91 Å². The molecule has 116 valence electrons. The van der Waals surface area contributed by atoms with Crippen molar-refractivity contribution in [3.8, 4) is 5.75 Å². The molecule has 0 saturated carbocycles. The number of ether oxygens (including phenoxy) is 1. The Balaban J connectivity index is 1.84.